The summed E-state index contributed by atoms with van der Waals surface area (Å²) in [6.45, 7) is 0.601. The molecule has 0 bridgehead atoms. The van der Waals surface area contributed by atoms with Crippen LogP contribution in [0.4, 0.5) is 0 Å². The molecule has 0 aliphatic heterocycles. The first-order valence-corrected chi connectivity index (χ1v) is 6.00. The lowest BCUT2D eigenvalue weighted by Crippen LogP contribution is -2.11. The zero-order valence-corrected chi connectivity index (χ0v) is 10.5. The predicted molar refractivity (Wildman–Crippen MR) is 70.7 cm³/mol. The van der Waals surface area contributed by atoms with Crippen LogP contribution in [-0.2, 0) is 17.8 Å². The summed E-state index contributed by atoms with van der Waals surface area (Å²) in [7, 11) is 0. The first-order valence-electron chi connectivity index (χ1n) is 6.00. The fourth-order valence-corrected chi connectivity index (χ4v) is 1.84. The highest BCUT2D eigenvalue weighted by Gasteiger charge is 2.02. The number of carbonyl (C=O) groups excluding carboxylic acids is 2. The van der Waals surface area contributed by atoms with Gasteiger partial charge in [0.25, 0.3) is 0 Å². The maximum absolute atomic E-state index is 10.8. The number of rotatable bonds is 6. The fraction of sp³-hybridized carbons (Fsp3) is 0.214. The molecule has 0 aliphatic rings. The Hall–Kier alpha value is -2.43. The van der Waals surface area contributed by atoms with Crippen LogP contribution in [0, 0.1) is 0 Å². The first kappa shape index (κ1) is 13.0. The molecule has 0 aliphatic carbocycles. The lowest BCUT2D eigenvalue weighted by atomic mass is 10.1. The number of aldehydes is 1. The van der Waals surface area contributed by atoms with Gasteiger partial charge in [-0.1, -0.05) is 24.3 Å². The topological polar surface area (TPSA) is 78.0 Å². The third-order valence-corrected chi connectivity index (χ3v) is 2.90. The Kier molecular flexibility index (Phi) is 4.07. The van der Waals surface area contributed by atoms with Gasteiger partial charge in [0.1, 0.15) is 5.69 Å². The predicted octanol–water partition coefficient (Wildman–Crippen LogP) is 1.16. The molecule has 0 unspecified atom stereocenters. The Bertz CT molecular complexity index is 573. The molecule has 0 saturated heterocycles. The zero-order valence-electron chi connectivity index (χ0n) is 10.5. The number of hydrogen-bond acceptors (Lipinski definition) is 3. The van der Waals surface area contributed by atoms with E-state index in [0.29, 0.717) is 25.1 Å². The number of nitrogens with zero attached hydrogens (tertiary/aromatic N) is 2. The Morgan fingerprint density at radius 1 is 1.26 bits per heavy atom. The van der Waals surface area contributed by atoms with Crippen molar-refractivity contribution in [2.24, 2.45) is 5.73 Å². The number of amides is 1. The van der Waals surface area contributed by atoms with E-state index in [1.807, 2.05) is 24.3 Å². The Labute approximate surface area is 111 Å². The second kappa shape index (κ2) is 5.95. The summed E-state index contributed by atoms with van der Waals surface area (Å²) in [6.07, 6.45) is 4.96. The molecule has 0 fully saturated rings. The molecule has 0 saturated carbocycles. The summed E-state index contributed by atoms with van der Waals surface area (Å²) in [4.78, 5) is 25.4. The van der Waals surface area contributed by atoms with E-state index in [1.54, 1.807) is 10.9 Å². The number of imidazole rings is 1. The second-order valence-corrected chi connectivity index (χ2v) is 4.35. The van der Waals surface area contributed by atoms with E-state index in [2.05, 4.69) is 4.98 Å². The van der Waals surface area contributed by atoms with Gasteiger partial charge in [0.2, 0.25) is 5.91 Å². The molecule has 5 heteroatoms. The molecule has 1 aromatic carbocycles. The molecule has 2 rings (SSSR count). The summed E-state index contributed by atoms with van der Waals surface area (Å²) in [5.74, 6) is -0.293. The van der Waals surface area contributed by atoms with Crippen molar-refractivity contribution in [3.8, 4) is 0 Å². The molecule has 0 atom stereocenters. The molecule has 2 aromatic rings. The Morgan fingerprint density at radius 3 is 2.58 bits per heavy atom. The number of aromatic nitrogens is 2. The third kappa shape index (κ3) is 3.51. The van der Waals surface area contributed by atoms with Crippen LogP contribution >= 0.6 is 0 Å². The van der Waals surface area contributed by atoms with Crippen molar-refractivity contribution in [2.45, 2.75) is 19.4 Å². The van der Waals surface area contributed by atoms with Gasteiger partial charge in [-0.15, -0.1) is 0 Å². The molecule has 0 radical (unpaired) electrons. The maximum Gasteiger partial charge on any atom is 0.217 e. The van der Waals surface area contributed by atoms with E-state index in [0.717, 1.165) is 17.4 Å². The van der Waals surface area contributed by atoms with Crippen molar-refractivity contribution in [3.63, 3.8) is 0 Å². The van der Waals surface area contributed by atoms with E-state index in [9.17, 15) is 9.59 Å². The smallest absolute Gasteiger partial charge is 0.217 e. The highest BCUT2D eigenvalue weighted by molar-refractivity contribution is 5.74. The van der Waals surface area contributed by atoms with Crippen LogP contribution in [0.2, 0.25) is 0 Å². The Balaban J connectivity index is 2.02. The third-order valence-electron chi connectivity index (χ3n) is 2.90. The maximum atomic E-state index is 10.8. The van der Waals surface area contributed by atoms with Gasteiger partial charge < -0.3 is 10.3 Å². The minimum atomic E-state index is -0.293. The van der Waals surface area contributed by atoms with Crippen molar-refractivity contribution in [3.05, 3.63) is 53.6 Å². The molecule has 98 valence electrons. The number of aryl methyl sites for hydroxylation is 1. The quantitative estimate of drug-likeness (QED) is 0.789. The van der Waals surface area contributed by atoms with E-state index in [4.69, 9.17) is 5.73 Å². The van der Waals surface area contributed by atoms with Crippen LogP contribution in [0.25, 0.3) is 0 Å². The van der Waals surface area contributed by atoms with Crippen LogP contribution in [0.15, 0.2) is 36.8 Å². The van der Waals surface area contributed by atoms with Crippen molar-refractivity contribution in [1.82, 2.24) is 9.55 Å². The summed E-state index contributed by atoms with van der Waals surface area (Å²) in [5, 5.41) is 0. The average Bonchev–Trinajstić information content (AvgIpc) is 2.85. The molecular formula is C14H15N3O2. The molecule has 0 spiro atoms. The number of carbonyl (C=O) groups is 2. The minimum Gasteiger partial charge on any atom is -0.370 e. The van der Waals surface area contributed by atoms with Crippen LogP contribution in [-0.4, -0.2) is 21.7 Å². The SMILES string of the molecule is NC(=O)CCc1ccc(Cn2cncc2C=O)cc1. The largest absolute Gasteiger partial charge is 0.370 e. The molecule has 1 aromatic heterocycles. The lowest BCUT2D eigenvalue weighted by molar-refractivity contribution is -0.117. The zero-order chi connectivity index (χ0) is 13.7. The van der Waals surface area contributed by atoms with Crippen molar-refractivity contribution < 1.29 is 9.59 Å². The van der Waals surface area contributed by atoms with E-state index >= 15 is 0 Å². The van der Waals surface area contributed by atoms with Gasteiger partial charge in [-0.2, -0.15) is 0 Å². The van der Waals surface area contributed by atoms with Crippen molar-refractivity contribution >= 4 is 12.2 Å². The van der Waals surface area contributed by atoms with E-state index in [1.165, 1.54) is 6.20 Å². The average molecular weight is 257 g/mol. The number of benzene rings is 1. The van der Waals surface area contributed by atoms with E-state index < -0.39 is 0 Å². The van der Waals surface area contributed by atoms with Gasteiger partial charge in [-0.3, -0.25) is 9.59 Å². The monoisotopic (exact) mass is 257 g/mol. The minimum absolute atomic E-state index is 0.293. The number of hydrogen-bond donors (Lipinski definition) is 1. The summed E-state index contributed by atoms with van der Waals surface area (Å²) < 4.78 is 1.78. The van der Waals surface area contributed by atoms with Gasteiger partial charge in [-0.05, 0) is 17.5 Å². The summed E-state index contributed by atoms with van der Waals surface area (Å²) >= 11 is 0. The molecule has 1 amide bonds. The highest BCUT2D eigenvalue weighted by Crippen LogP contribution is 2.09. The molecular weight excluding hydrogens is 242 g/mol. The van der Waals surface area contributed by atoms with Gasteiger partial charge in [0.15, 0.2) is 6.29 Å². The van der Waals surface area contributed by atoms with Gasteiger partial charge in [0, 0.05) is 13.0 Å². The highest BCUT2D eigenvalue weighted by atomic mass is 16.1. The van der Waals surface area contributed by atoms with Crippen LogP contribution in [0.3, 0.4) is 0 Å². The molecule has 19 heavy (non-hydrogen) atoms. The van der Waals surface area contributed by atoms with Crippen molar-refractivity contribution in [2.75, 3.05) is 0 Å². The van der Waals surface area contributed by atoms with Crippen molar-refractivity contribution in [1.29, 1.82) is 0 Å². The van der Waals surface area contributed by atoms with Crippen LogP contribution in [0.5, 0.6) is 0 Å². The molecule has 5 nitrogen and oxygen atoms in total. The molecule has 2 N–H and O–H groups in total. The second-order valence-electron chi connectivity index (χ2n) is 4.35. The first-order chi connectivity index (χ1) is 9.19. The Morgan fingerprint density at radius 2 is 1.95 bits per heavy atom. The number of primary amides is 1. The van der Waals surface area contributed by atoms with Crippen LogP contribution in [0.1, 0.15) is 28.0 Å². The summed E-state index contributed by atoms with van der Waals surface area (Å²) in [6, 6.07) is 7.89. The normalized spacial score (nSPS) is 10.3. The number of nitrogens with two attached hydrogens (primary N) is 1. The van der Waals surface area contributed by atoms with E-state index in [-0.39, 0.29) is 5.91 Å². The van der Waals surface area contributed by atoms with Gasteiger partial charge in [-0.25, -0.2) is 4.98 Å². The molecule has 1 heterocycles. The fourth-order valence-electron chi connectivity index (χ4n) is 1.84. The van der Waals surface area contributed by atoms with Gasteiger partial charge in [0.05, 0.1) is 12.5 Å². The standard InChI is InChI=1S/C14H15N3O2/c15-14(19)6-5-11-1-3-12(4-2-11)8-17-10-16-7-13(17)9-18/h1-4,7,9-10H,5-6,8H2,(H2,15,19). The lowest BCUT2D eigenvalue weighted by Gasteiger charge is -2.06. The summed E-state index contributed by atoms with van der Waals surface area (Å²) in [5.41, 5.74) is 7.81. The van der Waals surface area contributed by atoms with Crippen LogP contribution < -0.4 is 5.73 Å². The van der Waals surface area contributed by atoms with Gasteiger partial charge >= 0.3 is 0 Å².